The number of amides is 1. The standard InChI is InChI=1S/C26H30N2O4S/c1-4-21-11-9-10-14-25(21)28(33(30,31)24-12-7-6-8-13-24)19-26(29)27-20(3)22-15-17-23(18-16-22)32-5-2/h6-18,20H,4-5,19H2,1-3H3,(H,27,29)/t20-/m0/s1. The predicted molar refractivity (Wildman–Crippen MR) is 131 cm³/mol. The van der Waals surface area contributed by atoms with E-state index in [1.54, 1.807) is 30.3 Å². The molecule has 6 nitrogen and oxygen atoms in total. The molecule has 7 heteroatoms. The zero-order chi connectivity index (χ0) is 23.8. The fourth-order valence-electron chi connectivity index (χ4n) is 3.59. The molecule has 1 N–H and O–H groups in total. The molecule has 0 heterocycles. The van der Waals surface area contributed by atoms with E-state index in [0.717, 1.165) is 16.9 Å². The second-order valence-corrected chi connectivity index (χ2v) is 9.46. The highest BCUT2D eigenvalue weighted by Crippen LogP contribution is 2.27. The first-order valence-corrected chi connectivity index (χ1v) is 12.5. The number of para-hydroxylation sites is 1. The topological polar surface area (TPSA) is 75.7 Å². The highest BCUT2D eigenvalue weighted by Gasteiger charge is 2.28. The zero-order valence-electron chi connectivity index (χ0n) is 19.2. The number of carbonyl (C=O) groups is 1. The molecule has 0 aromatic heterocycles. The molecule has 0 spiro atoms. The van der Waals surface area contributed by atoms with Crippen molar-refractivity contribution in [3.05, 3.63) is 90.0 Å². The minimum atomic E-state index is -3.94. The molecule has 3 aromatic carbocycles. The number of ether oxygens (including phenoxy) is 1. The van der Waals surface area contributed by atoms with Gasteiger partial charge in [0.1, 0.15) is 12.3 Å². The molecule has 0 bridgehead atoms. The molecule has 33 heavy (non-hydrogen) atoms. The molecular weight excluding hydrogens is 436 g/mol. The molecule has 0 radical (unpaired) electrons. The highest BCUT2D eigenvalue weighted by molar-refractivity contribution is 7.92. The Morgan fingerprint density at radius 3 is 2.21 bits per heavy atom. The SMILES string of the molecule is CCOc1ccc([C@H](C)NC(=O)CN(c2ccccc2CC)S(=O)(=O)c2ccccc2)cc1. The van der Waals surface area contributed by atoms with Gasteiger partial charge in [0.25, 0.3) is 10.0 Å². The third-order valence-corrected chi connectivity index (χ3v) is 7.10. The average Bonchev–Trinajstić information content (AvgIpc) is 2.83. The number of hydrogen-bond donors (Lipinski definition) is 1. The van der Waals surface area contributed by atoms with Crippen LogP contribution in [0.5, 0.6) is 5.75 Å². The molecule has 0 aliphatic carbocycles. The summed E-state index contributed by atoms with van der Waals surface area (Å²) in [5, 5.41) is 2.92. The predicted octanol–water partition coefficient (Wildman–Crippen LogP) is 4.72. The molecule has 0 unspecified atom stereocenters. The smallest absolute Gasteiger partial charge is 0.264 e. The summed E-state index contributed by atoms with van der Waals surface area (Å²) >= 11 is 0. The molecule has 0 saturated carbocycles. The van der Waals surface area contributed by atoms with Crippen LogP contribution in [-0.2, 0) is 21.2 Å². The van der Waals surface area contributed by atoms with Gasteiger partial charge in [-0.2, -0.15) is 0 Å². The fourth-order valence-corrected chi connectivity index (χ4v) is 5.07. The van der Waals surface area contributed by atoms with Crippen molar-refractivity contribution in [2.45, 2.75) is 38.1 Å². The number of anilines is 1. The number of sulfonamides is 1. The van der Waals surface area contributed by atoms with Crippen molar-refractivity contribution in [2.75, 3.05) is 17.5 Å². The second kappa shape index (κ2) is 11.0. The number of benzene rings is 3. The van der Waals surface area contributed by atoms with Crippen LogP contribution in [0.25, 0.3) is 0 Å². The lowest BCUT2D eigenvalue weighted by molar-refractivity contribution is -0.120. The summed E-state index contributed by atoms with van der Waals surface area (Å²) in [4.78, 5) is 13.2. The molecule has 0 aliphatic rings. The Labute approximate surface area is 196 Å². The van der Waals surface area contributed by atoms with E-state index in [-0.39, 0.29) is 23.4 Å². The molecular formula is C26H30N2O4S. The Bertz CT molecular complexity index is 1160. The summed E-state index contributed by atoms with van der Waals surface area (Å²) in [5.74, 6) is 0.373. The molecule has 0 fully saturated rings. The van der Waals surface area contributed by atoms with Crippen molar-refractivity contribution < 1.29 is 17.9 Å². The van der Waals surface area contributed by atoms with Crippen LogP contribution in [0.1, 0.15) is 37.9 Å². The molecule has 0 saturated heterocycles. The lowest BCUT2D eigenvalue weighted by Crippen LogP contribution is -2.42. The van der Waals surface area contributed by atoms with Crippen LogP contribution < -0.4 is 14.4 Å². The number of nitrogens with one attached hydrogen (secondary N) is 1. The Morgan fingerprint density at radius 2 is 1.58 bits per heavy atom. The normalized spacial score (nSPS) is 12.1. The van der Waals surface area contributed by atoms with Gasteiger partial charge >= 0.3 is 0 Å². The maximum absolute atomic E-state index is 13.5. The molecule has 0 aliphatic heterocycles. The van der Waals surface area contributed by atoms with Gasteiger partial charge in [-0.05, 0) is 61.7 Å². The van der Waals surface area contributed by atoms with Crippen LogP contribution >= 0.6 is 0 Å². The van der Waals surface area contributed by atoms with Gasteiger partial charge in [0, 0.05) is 0 Å². The zero-order valence-corrected chi connectivity index (χ0v) is 20.0. The summed E-state index contributed by atoms with van der Waals surface area (Å²) in [6, 6.07) is 22.6. The summed E-state index contributed by atoms with van der Waals surface area (Å²) in [6.45, 7) is 6.00. The Morgan fingerprint density at radius 1 is 0.939 bits per heavy atom. The lowest BCUT2D eigenvalue weighted by atomic mass is 10.1. The minimum Gasteiger partial charge on any atom is -0.494 e. The molecule has 3 aromatic rings. The van der Waals surface area contributed by atoms with Crippen LogP contribution in [0.3, 0.4) is 0 Å². The minimum absolute atomic E-state index is 0.142. The first-order valence-electron chi connectivity index (χ1n) is 11.0. The van der Waals surface area contributed by atoms with Crippen molar-refractivity contribution >= 4 is 21.6 Å². The highest BCUT2D eigenvalue weighted by atomic mass is 32.2. The second-order valence-electron chi connectivity index (χ2n) is 7.60. The third-order valence-electron chi connectivity index (χ3n) is 5.33. The van der Waals surface area contributed by atoms with E-state index in [9.17, 15) is 13.2 Å². The van der Waals surface area contributed by atoms with Crippen LogP contribution in [0, 0.1) is 0 Å². The first-order chi connectivity index (χ1) is 15.9. The van der Waals surface area contributed by atoms with Gasteiger partial charge in [0.15, 0.2) is 0 Å². The van der Waals surface area contributed by atoms with Gasteiger partial charge in [-0.3, -0.25) is 9.10 Å². The van der Waals surface area contributed by atoms with Crippen molar-refractivity contribution in [1.29, 1.82) is 0 Å². The third kappa shape index (κ3) is 5.93. The summed E-state index contributed by atoms with van der Waals surface area (Å²) in [5.41, 5.74) is 2.26. The number of carbonyl (C=O) groups excluding carboxylic acids is 1. The van der Waals surface area contributed by atoms with Crippen LogP contribution in [0.4, 0.5) is 5.69 Å². The van der Waals surface area contributed by atoms with Gasteiger partial charge < -0.3 is 10.1 Å². The van der Waals surface area contributed by atoms with Gasteiger partial charge in [-0.1, -0.05) is 55.5 Å². The molecule has 1 amide bonds. The van der Waals surface area contributed by atoms with E-state index in [1.165, 1.54) is 16.4 Å². The number of aryl methyl sites for hydroxylation is 1. The Kier molecular flexibility index (Phi) is 8.11. The number of nitrogens with zero attached hydrogens (tertiary/aromatic N) is 1. The van der Waals surface area contributed by atoms with Crippen LogP contribution in [0.2, 0.25) is 0 Å². The van der Waals surface area contributed by atoms with Gasteiger partial charge in [0.05, 0.1) is 23.2 Å². The van der Waals surface area contributed by atoms with Crippen LogP contribution in [-0.4, -0.2) is 27.5 Å². The quantitative estimate of drug-likeness (QED) is 0.469. The first kappa shape index (κ1) is 24.3. The van der Waals surface area contributed by atoms with Gasteiger partial charge in [0.2, 0.25) is 5.91 Å². The van der Waals surface area contributed by atoms with Crippen molar-refractivity contribution in [2.24, 2.45) is 0 Å². The van der Waals surface area contributed by atoms with Crippen molar-refractivity contribution in [1.82, 2.24) is 5.32 Å². The Balaban J connectivity index is 1.86. The lowest BCUT2D eigenvalue weighted by Gasteiger charge is -2.27. The van der Waals surface area contributed by atoms with Crippen molar-refractivity contribution in [3.63, 3.8) is 0 Å². The number of rotatable bonds is 10. The maximum atomic E-state index is 13.5. The largest absolute Gasteiger partial charge is 0.494 e. The Hall–Kier alpha value is -3.32. The van der Waals surface area contributed by atoms with E-state index in [0.29, 0.717) is 18.7 Å². The van der Waals surface area contributed by atoms with E-state index in [1.807, 2.05) is 57.2 Å². The fraction of sp³-hybridized carbons (Fsp3) is 0.269. The van der Waals surface area contributed by atoms with Gasteiger partial charge in [-0.25, -0.2) is 8.42 Å². The summed E-state index contributed by atoms with van der Waals surface area (Å²) in [7, 11) is -3.94. The van der Waals surface area contributed by atoms with E-state index in [4.69, 9.17) is 4.74 Å². The average molecular weight is 467 g/mol. The van der Waals surface area contributed by atoms with Gasteiger partial charge in [-0.15, -0.1) is 0 Å². The van der Waals surface area contributed by atoms with Crippen LogP contribution in [0.15, 0.2) is 83.8 Å². The number of hydrogen-bond acceptors (Lipinski definition) is 4. The molecule has 174 valence electrons. The maximum Gasteiger partial charge on any atom is 0.264 e. The monoisotopic (exact) mass is 466 g/mol. The van der Waals surface area contributed by atoms with Crippen molar-refractivity contribution in [3.8, 4) is 5.75 Å². The van der Waals surface area contributed by atoms with E-state index >= 15 is 0 Å². The molecule has 1 atom stereocenters. The summed E-state index contributed by atoms with van der Waals surface area (Å²) < 4.78 is 33.7. The van der Waals surface area contributed by atoms with E-state index in [2.05, 4.69) is 5.32 Å². The summed E-state index contributed by atoms with van der Waals surface area (Å²) in [6.07, 6.45) is 0.640. The molecule has 3 rings (SSSR count). The van der Waals surface area contributed by atoms with E-state index < -0.39 is 10.0 Å².